The maximum Gasteiger partial charge on any atom is 0.191 e. The summed E-state index contributed by atoms with van der Waals surface area (Å²) in [6.45, 7) is 9.63. The van der Waals surface area contributed by atoms with Crippen molar-refractivity contribution < 1.29 is 14.2 Å². The number of hydrogen-bond acceptors (Lipinski definition) is 5. The molecule has 1 rings (SSSR count). The van der Waals surface area contributed by atoms with Crippen molar-refractivity contribution in [3.63, 3.8) is 0 Å². The Bertz CT molecular complexity index is 552. The van der Waals surface area contributed by atoms with Gasteiger partial charge in [-0.2, -0.15) is 0 Å². The van der Waals surface area contributed by atoms with Gasteiger partial charge in [0.2, 0.25) is 0 Å². The molecule has 7 heteroatoms. The molecule has 7 nitrogen and oxygen atoms in total. The Labute approximate surface area is 164 Å². The minimum absolute atomic E-state index is 0.573. The molecular weight excluding hydrogens is 344 g/mol. The Morgan fingerprint density at radius 3 is 2.59 bits per heavy atom. The van der Waals surface area contributed by atoms with E-state index in [0.29, 0.717) is 13.2 Å². The molecule has 0 saturated carbocycles. The van der Waals surface area contributed by atoms with E-state index < -0.39 is 0 Å². The third-order valence-corrected chi connectivity index (χ3v) is 3.97. The van der Waals surface area contributed by atoms with E-state index in [-0.39, 0.29) is 0 Å². The first-order valence-corrected chi connectivity index (χ1v) is 9.63. The van der Waals surface area contributed by atoms with Gasteiger partial charge in [-0.3, -0.25) is 0 Å². The first-order valence-electron chi connectivity index (χ1n) is 9.63. The molecule has 0 heterocycles. The molecule has 0 radical (unpaired) electrons. The normalized spacial score (nSPS) is 11.6. The summed E-state index contributed by atoms with van der Waals surface area (Å²) < 4.78 is 16.1. The number of rotatable bonds is 13. The highest BCUT2D eigenvalue weighted by Gasteiger charge is 2.06. The highest BCUT2D eigenvalue weighted by atomic mass is 16.5. The summed E-state index contributed by atoms with van der Waals surface area (Å²) in [7, 11) is 5.50. The Kier molecular flexibility index (Phi) is 12.1. The molecule has 2 N–H and O–H groups in total. The maximum atomic E-state index is 5.64. The molecule has 0 spiro atoms. The minimum Gasteiger partial charge on any atom is -0.493 e. The van der Waals surface area contributed by atoms with Crippen molar-refractivity contribution in [3.8, 4) is 11.5 Å². The van der Waals surface area contributed by atoms with Gasteiger partial charge in [0, 0.05) is 39.9 Å². The molecule has 1 aromatic carbocycles. The zero-order valence-electron chi connectivity index (χ0n) is 17.5. The molecule has 0 bridgehead atoms. The molecule has 154 valence electrons. The number of benzene rings is 1. The van der Waals surface area contributed by atoms with Crippen LogP contribution >= 0.6 is 0 Å². The number of ether oxygens (including phenoxy) is 3. The molecule has 0 aliphatic heterocycles. The molecule has 27 heavy (non-hydrogen) atoms. The summed E-state index contributed by atoms with van der Waals surface area (Å²) in [5.74, 6) is 2.31. The van der Waals surface area contributed by atoms with Crippen molar-refractivity contribution >= 4 is 5.96 Å². The van der Waals surface area contributed by atoms with E-state index >= 15 is 0 Å². The highest BCUT2D eigenvalue weighted by molar-refractivity contribution is 5.79. The van der Waals surface area contributed by atoms with E-state index in [2.05, 4.69) is 34.5 Å². The summed E-state index contributed by atoms with van der Waals surface area (Å²) in [4.78, 5) is 6.96. The van der Waals surface area contributed by atoms with E-state index in [1.54, 1.807) is 14.2 Å². The Morgan fingerprint density at radius 2 is 1.93 bits per heavy atom. The maximum absolute atomic E-state index is 5.64. The van der Waals surface area contributed by atoms with Gasteiger partial charge in [-0.1, -0.05) is 6.07 Å². The van der Waals surface area contributed by atoms with Gasteiger partial charge < -0.3 is 29.7 Å². The molecule has 1 aromatic rings. The molecule has 0 aromatic heterocycles. The van der Waals surface area contributed by atoms with Crippen LogP contribution in [0.4, 0.5) is 0 Å². The van der Waals surface area contributed by atoms with Gasteiger partial charge in [0.05, 0.1) is 20.3 Å². The van der Waals surface area contributed by atoms with E-state index in [4.69, 9.17) is 14.2 Å². The van der Waals surface area contributed by atoms with Gasteiger partial charge in [-0.15, -0.1) is 0 Å². The lowest BCUT2D eigenvalue weighted by molar-refractivity contribution is 0.180. The summed E-state index contributed by atoms with van der Waals surface area (Å²) in [5, 5.41) is 6.67. The highest BCUT2D eigenvalue weighted by Crippen LogP contribution is 2.28. The number of nitrogens with zero attached hydrogens (tertiary/aromatic N) is 2. The van der Waals surface area contributed by atoms with Crippen molar-refractivity contribution in [3.05, 3.63) is 23.8 Å². The van der Waals surface area contributed by atoms with Gasteiger partial charge in [-0.25, -0.2) is 4.99 Å². The van der Waals surface area contributed by atoms with Gasteiger partial charge in [0.1, 0.15) is 0 Å². The molecule has 0 unspecified atom stereocenters. The van der Waals surface area contributed by atoms with E-state index in [9.17, 15) is 0 Å². The molecule has 0 fully saturated rings. The predicted molar refractivity (Wildman–Crippen MR) is 111 cm³/mol. The van der Waals surface area contributed by atoms with Crippen LogP contribution in [-0.2, 0) is 11.3 Å². The topological polar surface area (TPSA) is 67.4 Å². The fourth-order valence-electron chi connectivity index (χ4n) is 2.56. The number of guanidine groups is 1. The third-order valence-electron chi connectivity index (χ3n) is 3.97. The lowest BCUT2D eigenvalue weighted by Gasteiger charge is -2.18. The van der Waals surface area contributed by atoms with Crippen LogP contribution in [0.25, 0.3) is 0 Å². The first-order chi connectivity index (χ1) is 13.1. The summed E-state index contributed by atoms with van der Waals surface area (Å²) in [6, 6.07) is 5.92. The average molecular weight is 381 g/mol. The lowest BCUT2D eigenvalue weighted by Crippen LogP contribution is -2.41. The summed E-state index contributed by atoms with van der Waals surface area (Å²) in [6.07, 6.45) is 1.04. The van der Waals surface area contributed by atoms with Crippen LogP contribution in [0.2, 0.25) is 0 Å². The molecule has 0 aliphatic rings. The zero-order chi connectivity index (χ0) is 19.9. The smallest absolute Gasteiger partial charge is 0.191 e. The van der Waals surface area contributed by atoms with Gasteiger partial charge >= 0.3 is 0 Å². The van der Waals surface area contributed by atoms with Crippen LogP contribution in [0.5, 0.6) is 11.5 Å². The number of hydrogen-bond donors (Lipinski definition) is 2. The number of aliphatic imine (C=N–C) groups is 1. The Morgan fingerprint density at radius 1 is 1.11 bits per heavy atom. The third kappa shape index (κ3) is 9.49. The SMILES string of the molecule is CCNC(=NCc1ccc(OC)c(OCC)c1)NCCN(C)CCCOC. The van der Waals surface area contributed by atoms with Gasteiger partial charge in [0.15, 0.2) is 17.5 Å². The van der Waals surface area contributed by atoms with Crippen molar-refractivity contribution in [2.75, 3.05) is 60.7 Å². The number of nitrogens with one attached hydrogen (secondary N) is 2. The monoisotopic (exact) mass is 380 g/mol. The largest absolute Gasteiger partial charge is 0.493 e. The van der Waals surface area contributed by atoms with Gasteiger partial charge in [-0.05, 0) is 45.0 Å². The number of likely N-dealkylation sites (N-methyl/N-ethyl adjacent to an activating group) is 1. The summed E-state index contributed by atoms with van der Waals surface area (Å²) in [5.41, 5.74) is 1.08. The van der Waals surface area contributed by atoms with Crippen LogP contribution in [0.3, 0.4) is 0 Å². The van der Waals surface area contributed by atoms with Crippen molar-refractivity contribution in [2.24, 2.45) is 4.99 Å². The molecule has 0 amide bonds. The molecule has 0 aliphatic carbocycles. The van der Waals surface area contributed by atoms with E-state index in [1.165, 1.54) is 0 Å². The average Bonchev–Trinajstić information content (AvgIpc) is 2.67. The van der Waals surface area contributed by atoms with E-state index in [0.717, 1.165) is 62.2 Å². The fraction of sp³-hybridized carbons (Fsp3) is 0.650. The molecule has 0 atom stereocenters. The zero-order valence-corrected chi connectivity index (χ0v) is 17.5. The predicted octanol–water partition coefficient (Wildman–Crippen LogP) is 2.12. The lowest BCUT2D eigenvalue weighted by atomic mass is 10.2. The summed E-state index contributed by atoms with van der Waals surface area (Å²) >= 11 is 0. The number of methoxy groups -OCH3 is 2. The van der Waals surface area contributed by atoms with Crippen LogP contribution in [0, 0.1) is 0 Å². The van der Waals surface area contributed by atoms with Crippen LogP contribution in [0.1, 0.15) is 25.8 Å². The first kappa shape index (κ1) is 23.0. The second kappa shape index (κ2) is 14.1. The standard InChI is InChI=1S/C20H36N4O3/c1-6-21-20(22-11-13-24(3)12-8-14-25-4)23-16-17-9-10-18(26-5)19(15-17)27-7-2/h9-10,15H,6-8,11-14,16H2,1-5H3,(H2,21,22,23). The van der Waals surface area contributed by atoms with E-state index in [1.807, 2.05) is 25.1 Å². The Hall–Kier alpha value is -1.99. The molecule has 0 saturated heterocycles. The van der Waals surface area contributed by atoms with Crippen LogP contribution in [0.15, 0.2) is 23.2 Å². The van der Waals surface area contributed by atoms with Crippen molar-refractivity contribution in [1.29, 1.82) is 0 Å². The van der Waals surface area contributed by atoms with Gasteiger partial charge in [0.25, 0.3) is 0 Å². The second-order valence-corrected chi connectivity index (χ2v) is 6.19. The van der Waals surface area contributed by atoms with Crippen molar-refractivity contribution in [1.82, 2.24) is 15.5 Å². The van der Waals surface area contributed by atoms with Crippen LogP contribution in [-0.4, -0.2) is 71.5 Å². The quantitative estimate of drug-likeness (QED) is 0.310. The Balaban J connectivity index is 2.56. The molecular formula is C20H36N4O3. The second-order valence-electron chi connectivity index (χ2n) is 6.19. The van der Waals surface area contributed by atoms with Crippen molar-refractivity contribution in [2.45, 2.75) is 26.8 Å². The minimum atomic E-state index is 0.573. The fourth-order valence-corrected chi connectivity index (χ4v) is 2.56. The van der Waals surface area contributed by atoms with Crippen LogP contribution < -0.4 is 20.1 Å².